The van der Waals surface area contributed by atoms with Crippen LogP contribution in [0.4, 0.5) is 0 Å². The Morgan fingerprint density at radius 1 is 1.04 bits per heavy atom. The van der Waals surface area contributed by atoms with Gasteiger partial charge >= 0.3 is 0 Å². The van der Waals surface area contributed by atoms with E-state index in [1.807, 2.05) is 0 Å². The number of hydrogen-bond donors (Lipinski definition) is 9. The maximum atomic E-state index is 12.0. The molecule has 9 N–H and O–H groups in total. The van der Waals surface area contributed by atoms with Crippen molar-refractivity contribution in [2.75, 3.05) is 13.2 Å². The highest BCUT2D eigenvalue weighted by Gasteiger charge is 2.49. The maximum Gasteiger partial charge on any atom is 0.195 e. The third-order valence-electron chi connectivity index (χ3n) is 3.55. The summed E-state index contributed by atoms with van der Waals surface area (Å²) in [7, 11) is 0. The first-order valence-electron chi connectivity index (χ1n) is 7.22. The number of ether oxygens (including phenoxy) is 1. The number of aliphatic hydroxyl groups excluding tert-OH is 9. The van der Waals surface area contributed by atoms with Gasteiger partial charge in [0.1, 0.15) is 54.9 Å². The molecule has 1 heterocycles. The molecule has 1 rings (SSSR count). The van der Waals surface area contributed by atoms with Crippen LogP contribution < -0.4 is 0 Å². The molecule has 2 unspecified atom stereocenters. The summed E-state index contributed by atoms with van der Waals surface area (Å²) in [5, 5.41) is 85.0. The van der Waals surface area contributed by atoms with Gasteiger partial charge in [-0.2, -0.15) is 0 Å². The number of ketones is 1. The molecule has 23 heavy (non-hydrogen) atoms. The zero-order chi connectivity index (χ0) is 18.8. The van der Waals surface area contributed by atoms with E-state index in [0.717, 1.165) is 0 Å². The molecule has 0 aromatic rings. The van der Waals surface area contributed by atoms with E-state index in [4.69, 9.17) is 16.3 Å². The molecule has 0 aromatic heterocycles. The summed E-state index contributed by atoms with van der Waals surface area (Å²) in [5.74, 6) is -1.65. The van der Waals surface area contributed by atoms with Gasteiger partial charge in [-0.1, -0.05) is 0 Å². The quantitative estimate of drug-likeness (QED) is 0.212. The van der Waals surface area contributed by atoms with Gasteiger partial charge in [0.25, 0.3) is 0 Å². The SMILES string of the molecule is [2H]C1(C(O)C(=O)[C@@H](O)[C@@H](O)[C@H](O)CO)O[C@H](CO)[C@@H](O)[C@H](O)[C@H]1O. The summed E-state index contributed by atoms with van der Waals surface area (Å²) >= 11 is 0. The second-order valence-corrected chi connectivity index (χ2v) is 5.16. The Bertz CT molecular complexity index is 435. The molecule has 0 bridgehead atoms. The first-order chi connectivity index (χ1) is 11.0. The Labute approximate surface area is 132 Å². The number of hydrogen-bond acceptors (Lipinski definition) is 11. The first-order valence-corrected chi connectivity index (χ1v) is 6.72. The van der Waals surface area contributed by atoms with Crippen molar-refractivity contribution >= 4 is 5.78 Å². The second kappa shape index (κ2) is 8.39. The summed E-state index contributed by atoms with van der Waals surface area (Å²) in [6.07, 6.45) is -20.0. The molecule has 0 aromatic carbocycles. The number of carbonyl (C=O) groups excluding carboxylic acids is 1. The highest BCUT2D eigenvalue weighted by Crippen LogP contribution is 2.24. The highest BCUT2D eigenvalue weighted by molar-refractivity contribution is 5.88. The number of carbonyl (C=O) groups is 1. The van der Waals surface area contributed by atoms with Crippen LogP contribution in [0, 0.1) is 0 Å². The van der Waals surface area contributed by atoms with E-state index in [1.165, 1.54) is 0 Å². The fourth-order valence-corrected chi connectivity index (χ4v) is 2.05. The minimum atomic E-state index is -2.98. The van der Waals surface area contributed by atoms with Crippen molar-refractivity contribution in [2.45, 2.75) is 54.9 Å². The van der Waals surface area contributed by atoms with Crippen LogP contribution >= 0.6 is 0 Å². The average Bonchev–Trinajstić information content (AvgIpc) is 2.59. The Kier molecular flexibility index (Phi) is 6.79. The number of aliphatic hydroxyl groups is 9. The van der Waals surface area contributed by atoms with Gasteiger partial charge in [0, 0.05) is 0 Å². The molecule has 1 fully saturated rings. The van der Waals surface area contributed by atoms with Crippen LogP contribution in [0.2, 0.25) is 0 Å². The molecule has 11 nitrogen and oxygen atoms in total. The fraction of sp³-hybridized carbons (Fsp3) is 0.917. The Balaban J connectivity index is 3.02. The average molecular weight is 343 g/mol. The monoisotopic (exact) mass is 343 g/mol. The third kappa shape index (κ3) is 4.22. The zero-order valence-corrected chi connectivity index (χ0v) is 11.9. The zero-order valence-electron chi connectivity index (χ0n) is 12.9. The molecule has 0 aliphatic carbocycles. The van der Waals surface area contributed by atoms with Crippen LogP contribution in [-0.2, 0) is 9.53 Å². The van der Waals surface area contributed by atoms with Crippen LogP contribution in [0.3, 0.4) is 0 Å². The number of rotatable bonds is 7. The van der Waals surface area contributed by atoms with E-state index in [-0.39, 0.29) is 0 Å². The minimum Gasteiger partial charge on any atom is -0.394 e. The third-order valence-corrected chi connectivity index (χ3v) is 3.55. The molecule has 1 saturated heterocycles. The van der Waals surface area contributed by atoms with Gasteiger partial charge in [0.15, 0.2) is 5.78 Å². The van der Waals surface area contributed by atoms with Crippen LogP contribution in [0.5, 0.6) is 0 Å². The Morgan fingerprint density at radius 2 is 1.61 bits per heavy atom. The molecular formula is C12H22O11. The molecule has 0 radical (unpaired) electrons. The maximum absolute atomic E-state index is 12.0. The Morgan fingerprint density at radius 3 is 2.09 bits per heavy atom. The molecule has 0 spiro atoms. The summed E-state index contributed by atoms with van der Waals surface area (Å²) in [4.78, 5) is 12.0. The predicted molar refractivity (Wildman–Crippen MR) is 69.9 cm³/mol. The molecule has 1 aliphatic rings. The largest absolute Gasteiger partial charge is 0.394 e. The van der Waals surface area contributed by atoms with E-state index in [2.05, 4.69) is 0 Å². The number of Topliss-reactive ketones (excluding diaryl/α,β-unsaturated/α-hetero) is 1. The van der Waals surface area contributed by atoms with Gasteiger partial charge in [-0.15, -0.1) is 0 Å². The lowest BCUT2D eigenvalue weighted by atomic mass is 9.89. The normalized spacial score (nSPS) is 40.8. The van der Waals surface area contributed by atoms with Gasteiger partial charge in [0.05, 0.1) is 14.6 Å². The predicted octanol–water partition coefficient (Wildman–Crippen LogP) is -6.17. The van der Waals surface area contributed by atoms with Gasteiger partial charge in [-0.05, 0) is 0 Å². The van der Waals surface area contributed by atoms with Crippen molar-refractivity contribution in [3.05, 3.63) is 0 Å². The fourth-order valence-electron chi connectivity index (χ4n) is 2.05. The highest BCUT2D eigenvalue weighted by atomic mass is 16.6. The minimum absolute atomic E-state index is 0.916. The van der Waals surface area contributed by atoms with Gasteiger partial charge < -0.3 is 50.7 Å². The lowest BCUT2D eigenvalue weighted by Crippen LogP contribution is -2.63. The van der Waals surface area contributed by atoms with Crippen molar-refractivity contribution in [3.8, 4) is 0 Å². The van der Waals surface area contributed by atoms with Crippen molar-refractivity contribution in [1.82, 2.24) is 0 Å². The smallest absolute Gasteiger partial charge is 0.195 e. The van der Waals surface area contributed by atoms with E-state index >= 15 is 0 Å². The first kappa shape index (κ1) is 18.6. The van der Waals surface area contributed by atoms with Crippen LogP contribution in [-0.4, -0.2) is 120 Å². The van der Waals surface area contributed by atoms with E-state index in [0.29, 0.717) is 0 Å². The van der Waals surface area contributed by atoms with Crippen molar-refractivity contribution in [2.24, 2.45) is 0 Å². The van der Waals surface area contributed by atoms with E-state index < -0.39 is 73.9 Å². The van der Waals surface area contributed by atoms with Crippen molar-refractivity contribution < 1.29 is 56.9 Å². The molecule has 1 aliphatic heterocycles. The molecule has 0 amide bonds. The Hall–Kier alpha value is -0.730. The topological polar surface area (TPSA) is 208 Å². The molecule has 11 heteroatoms. The van der Waals surface area contributed by atoms with Gasteiger partial charge in [-0.25, -0.2) is 0 Å². The standard InChI is InChI=1S/C12H22O11/c13-1-3(15)5(16)7(18)9(20)11(22)12-10(21)8(19)6(17)4(2-14)23-12/h3-8,10-19,21-22H,1-2H2/t3-,4-,5+,6-,7+,8+,10-,11?,12?/m1/s1/i12D. The van der Waals surface area contributed by atoms with Crippen LogP contribution in [0.15, 0.2) is 0 Å². The lowest BCUT2D eigenvalue weighted by molar-refractivity contribution is -0.248. The molecule has 9 atom stereocenters. The van der Waals surface area contributed by atoms with Crippen LogP contribution in [0.1, 0.15) is 1.37 Å². The second-order valence-electron chi connectivity index (χ2n) is 5.16. The molecule has 136 valence electrons. The van der Waals surface area contributed by atoms with Crippen molar-refractivity contribution in [3.63, 3.8) is 0 Å². The molecular weight excluding hydrogens is 320 g/mol. The van der Waals surface area contributed by atoms with Gasteiger partial charge in [-0.3, -0.25) is 4.79 Å². The van der Waals surface area contributed by atoms with Crippen LogP contribution in [0.25, 0.3) is 0 Å². The summed E-state index contributed by atoms with van der Waals surface area (Å²) < 4.78 is 12.7. The summed E-state index contributed by atoms with van der Waals surface area (Å²) in [6, 6.07) is 0. The van der Waals surface area contributed by atoms with E-state index in [9.17, 15) is 40.5 Å². The lowest BCUT2D eigenvalue weighted by Gasteiger charge is -2.41. The molecule has 0 saturated carbocycles. The van der Waals surface area contributed by atoms with E-state index in [1.54, 1.807) is 0 Å². The van der Waals surface area contributed by atoms with Gasteiger partial charge in [0.2, 0.25) is 0 Å². The summed E-state index contributed by atoms with van der Waals surface area (Å²) in [5.41, 5.74) is 0. The summed E-state index contributed by atoms with van der Waals surface area (Å²) in [6.45, 7) is -1.93. The van der Waals surface area contributed by atoms with Crippen molar-refractivity contribution in [1.29, 1.82) is 0 Å².